The lowest BCUT2D eigenvalue weighted by Crippen LogP contribution is -2.25. The molecule has 1 heterocycles. The SMILES string of the molecule is O=C(CCc1ccco1)NCCCOc1ccccc1. The summed E-state index contributed by atoms with van der Waals surface area (Å²) in [5.41, 5.74) is 0. The third-order valence-electron chi connectivity index (χ3n) is 2.83. The van der Waals surface area contributed by atoms with E-state index in [-0.39, 0.29) is 5.91 Å². The van der Waals surface area contributed by atoms with Gasteiger partial charge in [0.05, 0.1) is 12.9 Å². The number of carbonyl (C=O) groups is 1. The van der Waals surface area contributed by atoms with Gasteiger partial charge in [0.25, 0.3) is 0 Å². The molecule has 0 saturated heterocycles. The van der Waals surface area contributed by atoms with Gasteiger partial charge in [0.15, 0.2) is 0 Å². The molecule has 20 heavy (non-hydrogen) atoms. The number of carbonyl (C=O) groups excluding carboxylic acids is 1. The molecule has 0 saturated carbocycles. The molecule has 4 nitrogen and oxygen atoms in total. The highest BCUT2D eigenvalue weighted by Gasteiger charge is 2.03. The summed E-state index contributed by atoms with van der Waals surface area (Å²) in [6.07, 6.45) is 3.50. The largest absolute Gasteiger partial charge is 0.494 e. The fourth-order valence-electron chi connectivity index (χ4n) is 1.79. The van der Waals surface area contributed by atoms with E-state index in [0.29, 0.717) is 26.0 Å². The summed E-state index contributed by atoms with van der Waals surface area (Å²) in [7, 11) is 0. The summed E-state index contributed by atoms with van der Waals surface area (Å²) in [6.45, 7) is 1.23. The Morgan fingerprint density at radius 1 is 1.15 bits per heavy atom. The first-order chi connectivity index (χ1) is 9.84. The average Bonchev–Trinajstić information content (AvgIpc) is 2.99. The van der Waals surface area contributed by atoms with Crippen molar-refractivity contribution in [2.24, 2.45) is 0 Å². The first kappa shape index (κ1) is 14.2. The number of rotatable bonds is 8. The summed E-state index contributed by atoms with van der Waals surface area (Å²) < 4.78 is 10.7. The Labute approximate surface area is 118 Å². The van der Waals surface area contributed by atoms with Gasteiger partial charge in [-0.1, -0.05) is 18.2 Å². The number of aryl methyl sites for hydroxylation is 1. The molecule has 106 valence electrons. The van der Waals surface area contributed by atoms with Gasteiger partial charge in [0.2, 0.25) is 5.91 Å². The Kier molecular flexibility index (Phi) is 5.71. The van der Waals surface area contributed by atoms with E-state index < -0.39 is 0 Å². The number of hydrogen-bond donors (Lipinski definition) is 1. The first-order valence-electron chi connectivity index (χ1n) is 6.81. The minimum Gasteiger partial charge on any atom is -0.494 e. The molecule has 0 spiro atoms. The highest BCUT2D eigenvalue weighted by Crippen LogP contribution is 2.08. The van der Waals surface area contributed by atoms with Crippen molar-refractivity contribution in [3.63, 3.8) is 0 Å². The fourth-order valence-corrected chi connectivity index (χ4v) is 1.79. The molecule has 0 fully saturated rings. The van der Waals surface area contributed by atoms with Crippen LogP contribution in [-0.4, -0.2) is 19.1 Å². The van der Waals surface area contributed by atoms with Crippen molar-refractivity contribution in [1.82, 2.24) is 5.32 Å². The molecule has 0 aliphatic carbocycles. The molecular formula is C16H19NO3. The molecule has 1 aromatic carbocycles. The van der Waals surface area contributed by atoms with E-state index in [2.05, 4.69) is 5.32 Å². The topological polar surface area (TPSA) is 51.5 Å². The predicted molar refractivity (Wildman–Crippen MR) is 76.6 cm³/mol. The summed E-state index contributed by atoms with van der Waals surface area (Å²) in [6, 6.07) is 13.4. The second kappa shape index (κ2) is 8.04. The van der Waals surface area contributed by atoms with Crippen molar-refractivity contribution in [1.29, 1.82) is 0 Å². The summed E-state index contributed by atoms with van der Waals surface area (Å²) in [5.74, 6) is 1.74. The molecule has 0 bridgehead atoms. The number of amides is 1. The second-order valence-corrected chi connectivity index (χ2v) is 4.44. The molecule has 0 atom stereocenters. The van der Waals surface area contributed by atoms with Crippen LogP contribution < -0.4 is 10.1 Å². The highest BCUT2D eigenvalue weighted by molar-refractivity contribution is 5.75. The molecule has 2 aromatic rings. The first-order valence-corrected chi connectivity index (χ1v) is 6.81. The van der Waals surface area contributed by atoms with E-state index in [0.717, 1.165) is 17.9 Å². The molecule has 0 aliphatic heterocycles. The standard InChI is InChI=1S/C16H19NO3/c18-16(10-9-15-8-4-12-19-15)17-11-5-13-20-14-6-2-1-3-7-14/h1-4,6-8,12H,5,9-11,13H2,(H,17,18). The van der Waals surface area contributed by atoms with Gasteiger partial charge in [-0.15, -0.1) is 0 Å². The van der Waals surface area contributed by atoms with Crippen LogP contribution in [-0.2, 0) is 11.2 Å². The minimum absolute atomic E-state index is 0.0427. The van der Waals surface area contributed by atoms with E-state index in [1.165, 1.54) is 0 Å². The van der Waals surface area contributed by atoms with Gasteiger partial charge in [0.1, 0.15) is 11.5 Å². The normalized spacial score (nSPS) is 10.2. The van der Waals surface area contributed by atoms with Crippen LogP contribution in [0, 0.1) is 0 Å². The van der Waals surface area contributed by atoms with Gasteiger partial charge < -0.3 is 14.5 Å². The van der Waals surface area contributed by atoms with Crippen molar-refractivity contribution in [2.45, 2.75) is 19.3 Å². The van der Waals surface area contributed by atoms with E-state index in [1.807, 2.05) is 42.5 Å². The number of nitrogens with one attached hydrogen (secondary N) is 1. The van der Waals surface area contributed by atoms with Crippen molar-refractivity contribution in [3.8, 4) is 5.75 Å². The van der Waals surface area contributed by atoms with Crippen LogP contribution in [0.4, 0.5) is 0 Å². The lowest BCUT2D eigenvalue weighted by molar-refractivity contribution is -0.121. The maximum Gasteiger partial charge on any atom is 0.220 e. The van der Waals surface area contributed by atoms with Gasteiger partial charge in [-0.25, -0.2) is 0 Å². The van der Waals surface area contributed by atoms with Gasteiger partial charge in [-0.05, 0) is 30.7 Å². The number of hydrogen-bond acceptors (Lipinski definition) is 3. The van der Waals surface area contributed by atoms with Crippen molar-refractivity contribution < 1.29 is 13.9 Å². The smallest absolute Gasteiger partial charge is 0.220 e. The van der Waals surface area contributed by atoms with Crippen LogP contribution in [0.25, 0.3) is 0 Å². The Morgan fingerprint density at radius 3 is 2.75 bits per heavy atom. The Balaban J connectivity index is 1.51. The Hall–Kier alpha value is -2.23. The van der Waals surface area contributed by atoms with Crippen LogP contribution in [0.2, 0.25) is 0 Å². The zero-order chi connectivity index (χ0) is 14.0. The van der Waals surface area contributed by atoms with Crippen molar-refractivity contribution in [3.05, 3.63) is 54.5 Å². The van der Waals surface area contributed by atoms with Gasteiger partial charge in [-0.3, -0.25) is 4.79 Å². The monoisotopic (exact) mass is 273 g/mol. The van der Waals surface area contributed by atoms with Crippen LogP contribution >= 0.6 is 0 Å². The highest BCUT2D eigenvalue weighted by atomic mass is 16.5. The van der Waals surface area contributed by atoms with Gasteiger partial charge in [-0.2, -0.15) is 0 Å². The molecular weight excluding hydrogens is 254 g/mol. The Morgan fingerprint density at radius 2 is 2.00 bits per heavy atom. The molecule has 0 aliphatic rings. The molecule has 0 unspecified atom stereocenters. The van der Waals surface area contributed by atoms with Gasteiger partial charge in [0, 0.05) is 19.4 Å². The van der Waals surface area contributed by atoms with Gasteiger partial charge >= 0.3 is 0 Å². The number of para-hydroxylation sites is 1. The van der Waals surface area contributed by atoms with Crippen molar-refractivity contribution in [2.75, 3.05) is 13.2 Å². The van der Waals surface area contributed by atoms with Crippen LogP contribution in [0.1, 0.15) is 18.6 Å². The van der Waals surface area contributed by atoms with Crippen LogP contribution in [0.15, 0.2) is 53.1 Å². The number of ether oxygens (including phenoxy) is 1. The number of furan rings is 1. The molecule has 4 heteroatoms. The lowest BCUT2D eigenvalue weighted by Gasteiger charge is -2.07. The maximum atomic E-state index is 11.6. The van der Waals surface area contributed by atoms with E-state index >= 15 is 0 Å². The molecule has 1 N–H and O–H groups in total. The Bertz CT molecular complexity index is 494. The summed E-state index contributed by atoms with van der Waals surface area (Å²) >= 11 is 0. The van der Waals surface area contributed by atoms with Crippen LogP contribution in [0.3, 0.4) is 0 Å². The molecule has 0 radical (unpaired) electrons. The fraction of sp³-hybridized carbons (Fsp3) is 0.312. The zero-order valence-electron chi connectivity index (χ0n) is 11.4. The third kappa shape index (κ3) is 5.18. The molecule has 2 rings (SSSR count). The minimum atomic E-state index is 0.0427. The van der Waals surface area contributed by atoms with E-state index in [1.54, 1.807) is 6.26 Å². The third-order valence-corrected chi connectivity index (χ3v) is 2.83. The second-order valence-electron chi connectivity index (χ2n) is 4.44. The lowest BCUT2D eigenvalue weighted by atomic mass is 10.2. The number of benzene rings is 1. The molecule has 1 aromatic heterocycles. The zero-order valence-corrected chi connectivity index (χ0v) is 11.4. The summed E-state index contributed by atoms with van der Waals surface area (Å²) in [5, 5.41) is 2.87. The summed E-state index contributed by atoms with van der Waals surface area (Å²) in [4.78, 5) is 11.6. The van der Waals surface area contributed by atoms with E-state index in [4.69, 9.17) is 9.15 Å². The van der Waals surface area contributed by atoms with Crippen molar-refractivity contribution >= 4 is 5.91 Å². The quantitative estimate of drug-likeness (QED) is 0.752. The van der Waals surface area contributed by atoms with E-state index in [9.17, 15) is 4.79 Å². The average molecular weight is 273 g/mol. The van der Waals surface area contributed by atoms with Crippen LogP contribution in [0.5, 0.6) is 5.75 Å². The molecule has 1 amide bonds. The predicted octanol–water partition coefficient (Wildman–Crippen LogP) is 2.80. The maximum absolute atomic E-state index is 11.6.